The second-order valence-electron chi connectivity index (χ2n) is 2.42. The monoisotopic (exact) mass is 244 g/mol. The van der Waals surface area contributed by atoms with Crippen LogP contribution in [0.2, 0.25) is 10.0 Å². The normalized spacial score (nSPS) is 10.1. The van der Waals surface area contributed by atoms with Crippen molar-refractivity contribution in [2.24, 2.45) is 0 Å². The predicted octanol–water partition coefficient (Wildman–Crippen LogP) is 4.04. The molecule has 1 heterocycles. The van der Waals surface area contributed by atoms with E-state index in [1.807, 2.05) is 0 Å². The number of rotatable bonds is 2. The molecule has 0 aliphatic heterocycles. The van der Waals surface area contributed by atoms with Gasteiger partial charge in [0.05, 0.1) is 21.6 Å². The Morgan fingerprint density at radius 3 is 2.79 bits per heavy atom. The molecule has 0 N–H and O–H groups in total. The Kier molecular flexibility index (Phi) is 2.91. The van der Waals surface area contributed by atoms with E-state index in [0.717, 1.165) is 0 Å². The SMILES string of the molecule is Clc1ccc(Oc2nc[c]s2)cc1Cl. The second-order valence-corrected chi connectivity index (χ2v) is 4.03. The minimum absolute atomic E-state index is 0.463. The van der Waals surface area contributed by atoms with E-state index in [1.54, 1.807) is 24.4 Å². The number of hydrogen-bond acceptors (Lipinski definition) is 3. The van der Waals surface area contributed by atoms with Crippen molar-refractivity contribution in [3.05, 3.63) is 39.8 Å². The standard InChI is InChI=1S/C9H4Cl2NOS/c10-7-2-1-6(5-8(7)11)13-9-12-3-4-14-9/h1-3,5H. The van der Waals surface area contributed by atoms with Crippen LogP contribution in [0.4, 0.5) is 0 Å². The Bertz CT molecular complexity index is 430. The molecule has 0 aliphatic rings. The Morgan fingerprint density at radius 1 is 1.29 bits per heavy atom. The lowest BCUT2D eigenvalue weighted by Crippen LogP contribution is -1.82. The third kappa shape index (κ3) is 2.18. The molecule has 0 unspecified atom stereocenters. The first-order valence-electron chi connectivity index (χ1n) is 3.70. The average Bonchev–Trinajstić information content (AvgIpc) is 2.64. The molecule has 0 amide bonds. The van der Waals surface area contributed by atoms with Crippen LogP contribution in [0, 0.1) is 5.38 Å². The Hall–Kier alpha value is -0.770. The lowest BCUT2D eigenvalue weighted by molar-refractivity contribution is 0.479. The van der Waals surface area contributed by atoms with Gasteiger partial charge in [-0.15, -0.1) is 0 Å². The van der Waals surface area contributed by atoms with Crippen molar-refractivity contribution in [1.82, 2.24) is 4.98 Å². The van der Waals surface area contributed by atoms with Crippen LogP contribution in [0.1, 0.15) is 0 Å². The molecule has 14 heavy (non-hydrogen) atoms. The van der Waals surface area contributed by atoms with Gasteiger partial charge in [0, 0.05) is 6.07 Å². The summed E-state index contributed by atoms with van der Waals surface area (Å²) in [6.45, 7) is 0. The Balaban J connectivity index is 2.22. The highest BCUT2D eigenvalue weighted by Crippen LogP contribution is 2.29. The minimum Gasteiger partial charge on any atom is -0.431 e. The first-order valence-corrected chi connectivity index (χ1v) is 5.28. The zero-order chi connectivity index (χ0) is 9.97. The fraction of sp³-hybridized carbons (Fsp3) is 0. The van der Waals surface area contributed by atoms with E-state index in [1.165, 1.54) is 11.3 Å². The third-order valence-electron chi connectivity index (χ3n) is 1.47. The van der Waals surface area contributed by atoms with Crippen molar-refractivity contribution in [3.8, 4) is 10.9 Å². The predicted molar refractivity (Wildman–Crippen MR) is 57.5 cm³/mol. The highest BCUT2D eigenvalue weighted by atomic mass is 35.5. The molecule has 0 atom stereocenters. The number of aromatic nitrogens is 1. The van der Waals surface area contributed by atoms with Crippen molar-refractivity contribution < 1.29 is 4.74 Å². The summed E-state index contributed by atoms with van der Waals surface area (Å²) in [7, 11) is 0. The van der Waals surface area contributed by atoms with Gasteiger partial charge in [0.15, 0.2) is 0 Å². The first kappa shape index (κ1) is 9.77. The summed E-state index contributed by atoms with van der Waals surface area (Å²) in [6, 6.07) is 5.05. The number of ether oxygens (including phenoxy) is 1. The summed E-state index contributed by atoms with van der Waals surface area (Å²) in [5.41, 5.74) is 0. The molecule has 5 heteroatoms. The van der Waals surface area contributed by atoms with E-state index in [4.69, 9.17) is 27.9 Å². The second kappa shape index (κ2) is 4.17. The van der Waals surface area contributed by atoms with Crippen LogP contribution in [0.3, 0.4) is 0 Å². The summed E-state index contributed by atoms with van der Waals surface area (Å²) in [4.78, 5) is 3.93. The summed E-state index contributed by atoms with van der Waals surface area (Å²) >= 11 is 12.9. The van der Waals surface area contributed by atoms with Crippen molar-refractivity contribution in [3.63, 3.8) is 0 Å². The van der Waals surface area contributed by atoms with Gasteiger partial charge >= 0.3 is 0 Å². The maximum Gasteiger partial charge on any atom is 0.279 e. The molecule has 2 aromatic rings. The lowest BCUT2D eigenvalue weighted by atomic mass is 10.3. The zero-order valence-electron chi connectivity index (χ0n) is 6.83. The van der Waals surface area contributed by atoms with Crippen LogP contribution >= 0.6 is 34.5 Å². The molecule has 0 saturated heterocycles. The largest absolute Gasteiger partial charge is 0.431 e. The molecular weight excluding hydrogens is 241 g/mol. The third-order valence-corrected chi connectivity index (χ3v) is 2.79. The molecule has 71 valence electrons. The summed E-state index contributed by atoms with van der Waals surface area (Å²) in [5, 5.41) is 4.32. The maximum atomic E-state index is 5.82. The smallest absolute Gasteiger partial charge is 0.279 e. The van der Waals surface area contributed by atoms with Crippen molar-refractivity contribution in [2.75, 3.05) is 0 Å². The molecule has 1 radical (unpaired) electrons. The minimum atomic E-state index is 0.463. The van der Waals surface area contributed by atoms with Crippen LogP contribution in [-0.4, -0.2) is 4.98 Å². The Morgan fingerprint density at radius 2 is 2.14 bits per heavy atom. The van der Waals surface area contributed by atoms with E-state index in [0.29, 0.717) is 21.0 Å². The molecular formula is C9H4Cl2NOS. The highest BCUT2D eigenvalue weighted by Gasteiger charge is 2.02. The molecule has 0 aliphatic carbocycles. The maximum absolute atomic E-state index is 5.82. The molecule has 1 aromatic carbocycles. The van der Waals surface area contributed by atoms with Gasteiger partial charge < -0.3 is 4.74 Å². The molecule has 2 nitrogen and oxygen atoms in total. The van der Waals surface area contributed by atoms with Gasteiger partial charge in [-0.05, 0) is 12.1 Å². The molecule has 2 rings (SSSR count). The van der Waals surface area contributed by atoms with Gasteiger partial charge in [0.25, 0.3) is 5.19 Å². The van der Waals surface area contributed by atoms with Crippen LogP contribution in [0.15, 0.2) is 24.4 Å². The highest BCUT2D eigenvalue weighted by molar-refractivity contribution is 7.10. The number of thiazole rings is 1. The van der Waals surface area contributed by atoms with Gasteiger partial charge in [-0.3, -0.25) is 0 Å². The van der Waals surface area contributed by atoms with Gasteiger partial charge in [0.2, 0.25) is 0 Å². The van der Waals surface area contributed by atoms with Crippen molar-refractivity contribution >= 4 is 34.5 Å². The zero-order valence-corrected chi connectivity index (χ0v) is 9.16. The van der Waals surface area contributed by atoms with Gasteiger partial charge in [0.1, 0.15) is 5.75 Å². The number of nitrogens with zero attached hydrogens (tertiary/aromatic N) is 1. The van der Waals surface area contributed by atoms with Crippen LogP contribution in [0.25, 0.3) is 0 Å². The average molecular weight is 245 g/mol. The van der Waals surface area contributed by atoms with Crippen molar-refractivity contribution in [2.45, 2.75) is 0 Å². The van der Waals surface area contributed by atoms with Crippen LogP contribution in [0.5, 0.6) is 10.9 Å². The molecule has 1 aromatic heterocycles. The number of hydrogen-bond donors (Lipinski definition) is 0. The quantitative estimate of drug-likeness (QED) is 0.796. The van der Waals surface area contributed by atoms with E-state index in [-0.39, 0.29) is 0 Å². The van der Waals surface area contributed by atoms with Crippen LogP contribution in [-0.2, 0) is 0 Å². The van der Waals surface area contributed by atoms with E-state index >= 15 is 0 Å². The molecule has 0 bridgehead atoms. The molecule has 0 saturated carbocycles. The van der Waals surface area contributed by atoms with Gasteiger partial charge in [-0.25, -0.2) is 4.98 Å². The number of benzene rings is 1. The van der Waals surface area contributed by atoms with Crippen molar-refractivity contribution in [1.29, 1.82) is 0 Å². The summed E-state index contributed by atoms with van der Waals surface area (Å²) < 4.78 is 5.39. The van der Waals surface area contributed by atoms with Gasteiger partial charge in [-0.2, -0.15) is 0 Å². The van der Waals surface area contributed by atoms with E-state index in [2.05, 4.69) is 10.4 Å². The molecule has 0 fully saturated rings. The van der Waals surface area contributed by atoms with Gasteiger partial charge in [-0.1, -0.05) is 34.5 Å². The summed E-state index contributed by atoms with van der Waals surface area (Å²) in [5.74, 6) is 0.614. The first-order chi connectivity index (χ1) is 6.75. The summed E-state index contributed by atoms with van der Waals surface area (Å²) in [6.07, 6.45) is 1.55. The van der Waals surface area contributed by atoms with E-state index in [9.17, 15) is 0 Å². The van der Waals surface area contributed by atoms with Crippen LogP contribution < -0.4 is 4.74 Å². The topological polar surface area (TPSA) is 22.1 Å². The fourth-order valence-corrected chi connectivity index (χ4v) is 1.61. The molecule has 0 spiro atoms. The Labute approximate surface area is 95.1 Å². The number of halogens is 2. The fourth-order valence-electron chi connectivity index (χ4n) is 0.871. The lowest BCUT2D eigenvalue weighted by Gasteiger charge is -2.02. The van der Waals surface area contributed by atoms with E-state index < -0.39 is 0 Å².